The van der Waals surface area contributed by atoms with E-state index in [1.807, 2.05) is 0 Å². The van der Waals surface area contributed by atoms with Crippen molar-refractivity contribution in [3.8, 4) is 0 Å². The summed E-state index contributed by atoms with van der Waals surface area (Å²) in [7, 11) is -3.08. The molecule has 0 aliphatic rings. The van der Waals surface area contributed by atoms with Crippen molar-refractivity contribution in [1.29, 1.82) is 0 Å². The molecule has 0 unspecified atom stereocenters. The second-order valence-electron chi connectivity index (χ2n) is 3.76. The molecular weight excluding hydrogens is 311 g/mol. The number of carbonyl (C=O) groups is 1. The van der Waals surface area contributed by atoms with Crippen LogP contribution in [0.2, 0.25) is 0 Å². The van der Waals surface area contributed by atoms with E-state index in [0.29, 0.717) is 0 Å². The lowest BCUT2D eigenvalue weighted by Gasteiger charge is -2.03. The fraction of sp³-hybridized carbons (Fsp3) is 0.364. The molecule has 0 aliphatic heterocycles. The number of hydrogen-bond acceptors (Lipinski definition) is 3. The van der Waals surface area contributed by atoms with Gasteiger partial charge >= 0.3 is 0 Å². The number of sulfone groups is 1. The zero-order valence-corrected chi connectivity index (χ0v) is 11.6. The maximum Gasteiger partial charge on any atom is 0.165 e. The van der Waals surface area contributed by atoms with E-state index in [4.69, 9.17) is 0 Å². The van der Waals surface area contributed by atoms with Crippen molar-refractivity contribution in [3.05, 3.63) is 34.1 Å². The molecule has 0 N–H and O–H groups in total. The first-order valence-electron chi connectivity index (χ1n) is 4.96. The van der Waals surface area contributed by atoms with Crippen LogP contribution in [0.25, 0.3) is 0 Å². The molecule has 3 nitrogen and oxygen atoms in total. The number of ketones is 1. The Bertz CT molecular complexity index is 526. The Balaban J connectivity index is 2.68. The number of carbonyl (C=O) groups excluding carboxylic acids is 1. The Morgan fingerprint density at radius 3 is 2.65 bits per heavy atom. The van der Waals surface area contributed by atoms with E-state index in [1.54, 1.807) is 6.07 Å². The summed E-state index contributed by atoms with van der Waals surface area (Å²) in [6, 6.07) is 4.46. The molecule has 0 amide bonds. The lowest BCUT2D eigenvalue weighted by Crippen LogP contribution is -2.08. The molecule has 1 rings (SSSR count). The van der Waals surface area contributed by atoms with Crippen LogP contribution < -0.4 is 0 Å². The number of benzene rings is 1. The highest BCUT2D eigenvalue weighted by molar-refractivity contribution is 9.10. The van der Waals surface area contributed by atoms with Gasteiger partial charge in [0.05, 0.1) is 15.8 Å². The number of rotatable bonds is 5. The van der Waals surface area contributed by atoms with Gasteiger partial charge in [-0.05, 0) is 34.5 Å². The van der Waals surface area contributed by atoms with Gasteiger partial charge in [0.2, 0.25) is 0 Å². The fourth-order valence-corrected chi connectivity index (χ4v) is 2.38. The molecule has 0 fully saturated rings. The van der Waals surface area contributed by atoms with E-state index in [-0.39, 0.29) is 34.4 Å². The van der Waals surface area contributed by atoms with Crippen LogP contribution in [0.1, 0.15) is 23.2 Å². The minimum atomic E-state index is -3.08. The van der Waals surface area contributed by atoms with Crippen molar-refractivity contribution in [2.24, 2.45) is 0 Å². The smallest absolute Gasteiger partial charge is 0.165 e. The van der Waals surface area contributed by atoms with Crippen LogP contribution in [0, 0.1) is 5.82 Å². The van der Waals surface area contributed by atoms with Gasteiger partial charge in [0.25, 0.3) is 0 Å². The minimum absolute atomic E-state index is 0.00660. The monoisotopic (exact) mass is 322 g/mol. The third-order valence-electron chi connectivity index (χ3n) is 2.17. The molecule has 0 aliphatic carbocycles. The highest BCUT2D eigenvalue weighted by Gasteiger charge is 2.14. The molecule has 0 saturated heterocycles. The van der Waals surface area contributed by atoms with Crippen LogP contribution in [0.4, 0.5) is 4.39 Å². The minimum Gasteiger partial charge on any atom is -0.294 e. The predicted octanol–water partition coefficient (Wildman–Crippen LogP) is 2.60. The van der Waals surface area contributed by atoms with Gasteiger partial charge in [-0.3, -0.25) is 4.79 Å². The van der Waals surface area contributed by atoms with Gasteiger partial charge in [-0.2, -0.15) is 0 Å². The van der Waals surface area contributed by atoms with Crippen LogP contribution in [-0.4, -0.2) is 26.2 Å². The second kappa shape index (κ2) is 5.73. The predicted molar refractivity (Wildman–Crippen MR) is 67.4 cm³/mol. The lowest BCUT2D eigenvalue weighted by atomic mass is 10.1. The van der Waals surface area contributed by atoms with Crippen LogP contribution in [-0.2, 0) is 9.84 Å². The average Bonchev–Trinajstić information content (AvgIpc) is 2.20. The Morgan fingerprint density at radius 2 is 2.06 bits per heavy atom. The summed E-state index contributed by atoms with van der Waals surface area (Å²) in [4.78, 5) is 11.6. The molecule has 94 valence electrons. The van der Waals surface area contributed by atoms with Gasteiger partial charge in [0.15, 0.2) is 5.78 Å². The largest absolute Gasteiger partial charge is 0.294 e. The van der Waals surface area contributed by atoms with E-state index in [1.165, 1.54) is 12.1 Å². The maximum absolute atomic E-state index is 13.5. The first-order valence-corrected chi connectivity index (χ1v) is 7.81. The molecule has 0 bridgehead atoms. The molecule has 0 spiro atoms. The van der Waals surface area contributed by atoms with E-state index < -0.39 is 15.7 Å². The molecule has 1 aromatic carbocycles. The topological polar surface area (TPSA) is 51.2 Å². The Kier molecular flexibility index (Phi) is 4.82. The molecule has 1 aromatic rings. The van der Waals surface area contributed by atoms with Gasteiger partial charge < -0.3 is 0 Å². The summed E-state index contributed by atoms with van der Waals surface area (Å²) in [5, 5.41) is 0. The zero-order chi connectivity index (χ0) is 13.1. The summed E-state index contributed by atoms with van der Waals surface area (Å²) in [6.07, 6.45) is 1.35. The summed E-state index contributed by atoms with van der Waals surface area (Å²) in [5.74, 6) is -1.04. The maximum atomic E-state index is 13.5. The third-order valence-corrected chi connectivity index (χ3v) is 3.81. The summed E-state index contributed by atoms with van der Waals surface area (Å²) >= 11 is 2.99. The number of Topliss-reactive ketones (excluding diaryl/α,β-unsaturated/α-hetero) is 1. The first-order chi connectivity index (χ1) is 7.81. The molecule has 0 heterocycles. The van der Waals surface area contributed by atoms with Crippen molar-refractivity contribution in [2.45, 2.75) is 12.8 Å². The average molecular weight is 323 g/mol. The molecule has 0 atom stereocenters. The van der Waals surface area contributed by atoms with Crippen LogP contribution in [0.15, 0.2) is 22.7 Å². The fourth-order valence-electron chi connectivity index (χ4n) is 1.35. The van der Waals surface area contributed by atoms with Crippen molar-refractivity contribution < 1.29 is 17.6 Å². The van der Waals surface area contributed by atoms with Crippen molar-refractivity contribution in [1.82, 2.24) is 0 Å². The molecule has 6 heteroatoms. The van der Waals surface area contributed by atoms with E-state index >= 15 is 0 Å². The van der Waals surface area contributed by atoms with Crippen LogP contribution in [0.3, 0.4) is 0 Å². The highest BCUT2D eigenvalue weighted by atomic mass is 79.9. The van der Waals surface area contributed by atoms with E-state index in [2.05, 4.69) is 15.9 Å². The summed E-state index contributed by atoms with van der Waals surface area (Å²) < 4.78 is 35.5. The lowest BCUT2D eigenvalue weighted by molar-refractivity contribution is 0.0978. The molecule has 0 radical (unpaired) electrons. The molecule has 17 heavy (non-hydrogen) atoms. The summed E-state index contributed by atoms with van der Waals surface area (Å²) in [5.41, 5.74) is -0.00660. The Morgan fingerprint density at radius 1 is 1.41 bits per heavy atom. The second-order valence-corrected chi connectivity index (χ2v) is 6.87. The van der Waals surface area contributed by atoms with Gasteiger partial charge in [-0.25, -0.2) is 12.8 Å². The molecule has 0 aromatic heterocycles. The van der Waals surface area contributed by atoms with Gasteiger partial charge in [-0.15, -0.1) is 0 Å². The first kappa shape index (κ1) is 14.3. The zero-order valence-electron chi connectivity index (χ0n) is 9.24. The van der Waals surface area contributed by atoms with Crippen LogP contribution >= 0.6 is 15.9 Å². The normalized spacial score (nSPS) is 11.5. The van der Waals surface area contributed by atoms with Crippen molar-refractivity contribution >= 4 is 31.6 Å². The Labute approximate surface area is 108 Å². The number of hydrogen-bond donors (Lipinski definition) is 0. The van der Waals surface area contributed by atoms with Crippen LogP contribution in [0.5, 0.6) is 0 Å². The summed E-state index contributed by atoms with van der Waals surface area (Å²) in [6.45, 7) is 0. The highest BCUT2D eigenvalue weighted by Crippen LogP contribution is 2.20. The van der Waals surface area contributed by atoms with Gasteiger partial charge in [0, 0.05) is 12.7 Å². The van der Waals surface area contributed by atoms with E-state index in [0.717, 1.165) is 6.26 Å². The third kappa shape index (κ3) is 4.55. The van der Waals surface area contributed by atoms with Gasteiger partial charge in [-0.1, -0.05) is 6.07 Å². The van der Waals surface area contributed by atoms with Gasteiger partial charge in [0.1, 0.15) is 15.7 Å². The van der Waals surface area contributed by atoms with Crippen molar-refractivity contribution in [2.75, 3.05) is 12.0 Å². The Hall–Kier alpha value is -0.750. The van der Waals surface area contributed by atoms with E-state index in [9.17, 15) is 17.6 Å². The standard InChI is InChI=1S/C11H12BrFO3S/c1-17(15,16)7-3-6-10(14)8-4-2-5-9(12)11(8)13/h2,4-5H,3,6-7H2,1H3. The SMILES string of the molecule is CS(=O)(=O)CCCC(=O)c1cccc(Br)c1F. The quantitative estimate of drug-likeness (QED) is 0.783. The molecule has 0 saturated carbocycles. The number of halogens is 2. The van der Waals surface area contributed by atoms with Crippen molar-refractivity contribution in [3.63, 3.8) is 0 Å². The molecular formula is C11H12BrFO3S.